The molecular formula is C16H23F3N2O. The summed E-state index contributed by atoms with van der Waals surface area (Å²) in [5.41, 5.74) is 1.09. The summed E-state index contributed by atoms with van der Waals surface area (Å²) < 4.78 is 36.7. The van der Waals surface area contributed by atoms with Gasteiger partial charge >= 0.3 is 12.1 Å². The number of rotatable bonds is 8. The van der Waals surface area contributed by atoms with E-state index in [0.29, 0.717) is 0 Å². The molecule has 0 aromatic heterocycles. The van der Waals surface area contributed by atoms with Crippen LogP contribution in [0.15, 0.2) is 24.3 Å². The van der Waals surface area contributed by atoms with Gasteiger partial charge in [0.05, 0.1) is 0 Å². The zero-order chi connectivity index (χ0) is 16.6. The Morgan fingerprint density at radius 2 is 1.77 bits per heavy atom. The Hall–Kier alpha value is -1.56. The molecule has 0 atom stereocenters. The van der Waals surface area contributed by atoms with E-state index >= 15 is 0 Å². The molecule has 0 radical (unpaired) electrons. The number of amides is 1. The van der Waals surface area contributed by atoms with Crippen molar-refractivity contribution in [1.29, 1.82) is 0 Å². The van der Waals surface area contributed by atoms with E-state index in [-0.39, 0.29) is 5.69 Å². The van der Waals surface area contributed by atoms with Gasteiger partial charge in [0.25, 0.3) is 0 Å². The summed E-state index contributed by atoms with van der Waals surface area (Å²) in [6.45, 7) is 7.13. The highest BCUT2D eigenvalue weighted by molar-refractivity contribution is 5.94. The standard InChI is InChI=1S/C16H23F3N2O/c1-3-9-21(10-4-2)11-8-13-6-5-7-14(12-13)20-15(22)16(17,18)19/h5-7,12H,3-4,8-11H2,1-2H3,(H,20,22). The van der Waals surface area contributed by atoms with Gasteiger partial charge in [-0.25, -0.2) is 0 Å². The van der Waals surface area contributed by atoms with Crippen molar-refractivity contribution in [3.63, 3.8) is 0 Å². The molecule has 3 nitrogen and oxygen atoms in total. The van der Waals surface area contributed by atoms with Crippen LogP contribution in [0, 0.1) is 0 Å². The minimum absolute atomic E-state index is 0.178. The molecule has 0 heterocycles. The highest BCUT2D eigenvalue weighted by Gasteiger charge is 2.38. The van der Waals surface area contributed by atoms with E-state index in [1.807, 2.05) is 11.4 Å². The third kappa shape index (κ3) is 6.47. The fraction of sp³-hybridized carbons (Fsp3) is 0.562. The summed E-state index contributed by atoms with van der Waals surface area (Å²) in [4.78, 5) is 13.3. The van der Waals surface area contributed by atoms with Crippen molar-refractivity contribution in [1.82, 2.24) is 4.90 Å². The van der Waals surface area contributed by atoms with Gasteiger partial charge in [-0.2, -0.15) is 13.2 Å². The molecule has 124 valence electrons. The molecule has 6 heteroatoms. The van der Waals surface area contributed by atoms with Crippen LogP contribution in [-0.2, 0) is 11.2 Å². The maximum Gasteiger partial charge on any atom is 0.471 e. The van der Waals surface area contributed by atoms with Gasteiger partial charge in [-0.1, -0.05) is 26.0 Å². The first kappa shape index (κ1) is 18.5. The van der Waals surface area contributed by atoms with Crippen LogP contribution in [0.4, 0.5) is 18.9 Å². The molecule has 1 N–H and O–H groups in total. The average molecular weight is 316 g/mol. The Kier molecular flexibility index (Phi) is 7.38. The lowest BCUT2D eigenvalue weighted by Crippen LogP contribution is -2.30. The molecule has 1 amide bonds. The minimum atomic E-state index is -4.87. The Labute approximate surface area is 129 Å². The van der Waals surface area contributed by atoms with Gasteiger partial charge in [0.2, 0.25) is 0 Å². The Balaban J connectivity index is 2.62. The van der Waals surface area contributed by atoms with Gasteiger partial charge < -0.3 is 10.2 Å². The summed E-state index contributed by atoms with van der Waals surface area (Å²) in [5, 5.41) is 1.88. The van der Waals surface area contributed by atoms with Crippen LogP contribution in [0.2, 0.25) is 0 Å². The van der Waals surface area contributed by atoms with Gasteiger partial charge in [0, 0.05) is 12.2 Å². The summed E-state index contributed by atoms with van der Waals surface area (Å²) in [6.07, 6.45) is -1.98. The number of carbonyl (C=O) groups excluding carboxylic acids is 1. The number of alkyl halides is 3. The first-order valence-corrected chi connectivity index (χ1v) is 7.56. The molecule has 0 saturated heterocycles. The quantitative estimate of drug-likeness (QED) is 0.790. The van der Waals surface area contributed by atoms with E-state index in [9.17, 15) is 18.0 Å². The maximum absolute atomic E-state index is 12.2. The van der Waals surface area contributed by atoms with Gasteiger partial charge in [-0.3, -0.25) is 4.79 Å². The number of hydrogen-bond acceptors (Lipinski definition) is 2. The van der Waals surface area contributed by atoms with Crippen molar-refractivity contribution in [3.05, 3.63) is 29.8 Å². The molecule has 1 aromatic rings. The van der Waals surface area contributed by atoms with Crippen molar-refractivity contribution in [2.75, 3.05) is 25.0 Å². The summed E-state index contributed by atoms with van der Waals surface area (Å²) in [7, 11) is 0. The van der Waals surface area contributed by atoms with Crippen LogP contribution in [0.5, 0.6) is 0 Å². The second-order valence-corrected chi connectivity index (χ2v) is 5.24. The summed E-state index contributed by atoms with van der Waals surface area (Å²) in [6, 6.07) is 6.58. The van der Waals surface area contributed by atoms with Gasteiger partial charge in [-0.05, 0) is 50.0 Å². The lowest BCUT2D eigenvalue weighted by molar-refractivity contribution is -0.167. The minimum Gasteiger partial charge on any atom is -0.318 e. The first-order valence-electron chi connectivity index (χ1n) is 7.56. The van der Waals surface area contributed by atoms with E-state index in [1.165, 1.54) is 6.07 Å². The van der Waals surface area contributed by atoms with Crippen LogP contribution in [0.3, 0.4) is 0 Å². The van der Waals surface area contributed by atoms with E-state index < -0.39 is 12.1 Å². The number of nitrogens with zero attached hydrogens (tertiary/aromatic N) is 1. The lowest BCUT2D eigenvalue weighted by atomic mass is 10.1. The second kappa shape index (κ2) is 8.78. The van der Waals surface area contributed by atoms with Crippen LogP contribution in [0.25, 0.3) is 0 Å². The van der Waals surface area contributed by atoms with Crippen LogP contribution in [0.1, 0.15) is 32.3 Å². The van der Waals surface area contributed by atoms with E-state index in [2.05, 4.69) is 18.7 Å². The van der Waals surface area contributed by atoms with Crippen molar-refractivity contribution in [3.8, 4) is 0 Å². The maximum atomic E-state index is 12.2. The Morgan fingerprint density at radius 3 is 2.32 bits per heavy atom. The molecule has 0 saturated carbocycles. The molecule has 1 rings (SSSR count). The summed E-state index contributed by atoms with van der Waals surface area (Å²) in [5.74, 6) is -1.94. The SMILES string of the molecule is CCCN(CCC)CCc1cccc(NC(=O)C(F)(F)F)c1. The van der Waals surface area contributed by atoms with Gasteiger partial charge in [-0.15, -0.1) is 0 Å². The fourth-order valence-corrected chi connectivity index (χ4v) is 2.26. The zero-order valence-electron chi connectivity index (χ0n) is 13.0. The normalized spacial score (nSPS) is 11.7. The van der Waals surface area contributed by atoms with E-state index in [1.54, 1.807) is 12.1 Å². The molecule has 0 unspecified atom stereocenters. The molecule has 0 aliphatic rings. The molecule has 0 spiro atoms. The van der Waals surface area contributed by atoms with E-state index in [0.717, 1.165) is 44.5 Å². The molecule has 0 fully saturated rings. The monoisotopic (exact) mass is 316 g/mol. The zero-order valence-corrected chi connectivity index (χ0v) is 13.0. The molecular weight excluding hydrogens is 293 g/mol. The van der Waals surface area contributed by atoms with Crippen LogP contribution >= 0.6 is 0 Å². The Bertz CT molecular complexity index is 469. The smallest absolute Gasteiger partial charge is 0.318 e. The number of carbonyl (C=O) groups is 1. The number of hydrogen-bond donors (Lipinski definition) is 1. The number of nitrogens with one attached hydrogen (secondary N) is 1. The number of anilines is 1. The largest absolute Gasteiger partial charge is 0.471 e. The molecule has 22 heavy (non-hydrogen) atoms. The Morgan fingerprint density at radius 1 is 1.14 bits per heavy atom. The number of halogens is 3. The van der Waals surface area contributed by atoms with Crippen molar-refractivity contribution >= 4 is 11.6 Å². The van der Waals surface area contributed by atoms with Crippen molar-refractivity contribution in [2.24, 2.45) is 0 Å². The average Bonchev–Trinajstić information content (AvgIpc) is 2.44. The van der Waals surface area contributed by atoms with Crippen molar-refractivity contribution < 1.29 is 18.0 Å². The van der Waals surface area contributed by atoms with Crippen LogP contribution in [-0.4, -0.2) is 36.6 Å². The molecule has 0 bridgehead atoms. The predicted molar refractivity (Wildman–Crippen MR) is 81.9 cm³/mol. The highest BCUT2D eigenvalue weighted by atomic mass is 19.4. The summed E-state index contributed by atoms with van der Waals surface area (Å²) >= 11 is 0. The molecule has 0 aliphatic carbocycles. The first-order chi connectivity index (χ1) is 10.4. The molecule has 1 aromatic carbocycles. The second-order valence-electron chi connectivity index (χ2n) is 5.24. The van der Waals surface area contributed by atoms with Crippen molar-refractivity contribution in [2.45, 2.75) is 39.3 Å². The third-order valence-electron chi connectivity index (χ3n) is 3.24. The third-order valence-corrected chi connectivity index (χ3v) is 3.24. The topological polar surface area (TPSA) is 32.3 Å². The fourth-order valence-electron chi connectivity index (χ4n) is 2.26. The highest BCUT2D eigenvalue weighted by Crippen LogP contribution is 2.19. The van der Waals surface area contributed by atoms with E-state index in [4.69, 9.17) is 0 Å². The van der Waals surface area contributed by atoms with Gasteiger partial charge in [0.15, 0.2) is 0 Å². The predicted octanol–water partition coefficient (Wildman–Crippen LogP) is 3.85. The van der Waals surface area contributed by atoms with Gasteiger partial charge in [0.1, 0.15) is 0 Å². The lowest BCUT2D eigenvalue weighted by Gasteiger charge is -2.21. The van der Waals surface area contributed by atoms with Crippen LogP contribution < -0.4 is 5.32 Å². The number of benzene rings is 1. The molecule has 0 aliphatic heterocycles.